The third-order valence-corrected chi connectivity index (χ3v) is 4.86. The van der Waals surface area contributed by atoms with Crippen LogP contribution in [0.3, 0.4) is 0 Å². The van der Waals surface area contributed by atoms with Gasteiger partial charge >= 0.3 is 0 Å². The zero-order valence-corrected chi connectivity index (χ0v) is 13.8. The van der Waals surface area contributed by atoms with E-state index in [4.69, 9.17) is 0 Å². The molecule has 0 heterocycles. The number of hydrogen-bond acceptors (Lipinski definition) is 2. The van der Waals surface area contributed by atoms with Crippen molar-refractivity contribution in [2.45, 2.75) is 57.1 Å². The van der Waals surface area contributed by atoms with Crippen LogP contribution in [0, 0.1) is 11.6 Å². The lowest BCUT2D eigenvalue weighted by atomic mass is 9.78. The highest BCUT2D eigenvalue weighted by Crippen LogP contribution is 2.34. The van der Waals surface area contributed by atoms with Crippen molar-refractivity contribution in [2.24, 2.45) is 0 Å². The first-order valence-electron chi connectivity index (χ1n) is 7.53. The lowest BCUT2D eigenvalue weighted by molar-refractivity contribution is -0.00444. The molecule has 5 heteroatoms. The molecule has 0 aromatic heterocycles. The SMILES string of the molecule is CCCNC1CCC(O)(Cc2c(F)ccc(Br)c2F)CC1. The summed E-state index contributed by atoms with van der Waals surface area (Å²) in [6.45, 7) is 3.09. The number of rotatable bonds is 5. The van der Waals surface area contributed by atoms with Crippen LogP contribution in [0.5, 0.6) is 0 Å². The van der Waals surface area contributed by atoms with E-state index < -0.39 is 17.2 Å². The minimum Gasteiger partial charge on any atom is -0.390 e. The van der Waals surface area contributed by atoms with Crippen molar-refractivity contribution < 1.29 is 13.9 Å². The Balaban J connectivity index is 2.02. The first-order valence-corrected chi connectivity index (χ1v) is 8.32. The van der Waals surface area contributed by atoms with Gasteiger partial charge in [0.1, 0.15) is 11.6 Å². The van der Waals surface area contributed by atoms with E-state index >= 15 is 0 Å². The topological polar surface area (TPSA) is 32.3 Å². The lowest BCUT2D eigenvalue weighted by Crippen LogP contribution is -2.43. The molecule has 0 saturated heterocycles. The molecule has 0 bridgehead atoms. The van der Waals surface area contributed by atoms with Gasteiger partial charge in [-0.3, -0.25) is 0 Å². The highest BCUT2D eigenvalue weighted by molar-refractivity contribution is 9.10. The Kier molecular flexibility index (Phi) is 5.74. The fourth-order valence-corrected chi connectivity index (χ4v) is 3.32. The van der Waals surface area contributed by atoms with E-state index in [-0.39, 0.29) is 16.5 Å². The summed E-state index contributed by atoms with van der Waals surface area (Å²) in [5.74, 6) is -1.19. The Morgan fingerprint density at radius 2 is 2.00 bits per heavy atom. The zero-order chi connectivity index (χ0) is 15.5. The van der Waals surface area contributed by atoms with E-state index in [0.29, 0.717) is 18.9 Å². The minimum atomic E-state index is -1.01. The molecule has 0 spiro atoms. The molecule has 2 nitrogen and oxygen atoms in total. The van der Waals surface area contributed by atoms with Crippen LogP contribution in [0.15, 0.2) is 16.6 Å². The maximum absolute atomic E-state index is 14.0. The number of halogens is 3. The maximum atomic E-state index is 14.0. The summed E-state index contributed by atoms with van der Waals surface area (Å²) in [4.78, 5) is 0. The molecular weight excluding hydrogens is 340 g/mol. The van der Waals surface area contributed by atoms with Crippen LogP contribution in [0.25, 0.3) is 0 Å². The first-order chi connectivity index (χ1) is 9.95. The zero-order valence-electron chi connectivity index (χ0n) is 12.3. The van der Waals surface area contributed by atoms with Crippen LogP contribution >= 0.6 is 15.9 Å². The molecule has 0 unspecified atom stereocenters. The molecule has 118 valence electrons. The molecule has 1 aromatic carbocycles. The average molecular weight is 362 g/mol. The second kappa shape index (κ2) is 7.16. The summed E-state index contributed by atoms with van der Waals surface area (Å²) in [7, 11) is 0. The molecule has 1 saturated carbocycles. The molecule has 0 aliphatic heterocycles. The Labute approximate surface area is 133 Å². The minimum absolute atomic E-state index is 0.0214. The molecule has 1 aliphatic carbocycles. The van der Waals surface area contributed by atoms with E-state index in [1.807, 2.05) is 0 Å². The van der Waals surface area contributed by atoms with Crippen LogP contribution in [-0.4, -0.2) is 23.3 Å². The molecule has 1 aliphatic rings. The second-order valence-electron chi connectivity index (χ2n) is 5.95. The summed E-state index contributed by atoms with van der Waals surface area (Å²) >= 11 is 3.07. The third kappa shape index (κ3) is 4.24. The number of aliphatic hydroxyl groups is 1. The van der Waals surface area contributed by atoms with Crippen molar-refractivity contribution in [1.29, 1.82) is 0 Å². The second-order valence-corrected chi connectivity index (χ2v) is 6.81. The summed E-state index contributed by atoms with van der Waals surface area (Å²) in [5, 5.41) is 14.1. The fourth-order valence-electron chi connectivity index (χ4n) is 2.94. The fraction of sp³-hybridized carbons (Fsp3) is 0.625. The van der Waals surface area contributed by atoms with Gasteiger partial charge in [-0.05, 0) is 66.7 Å². The van der Waals surface area contributed by atoms with E-state index in [1.54, 1.807) is 0 Å². The van der Waals surface area contributed by atoms with Crippen LogP contribution in [-0.2, 0) is 6.42 Å². The monoisotopic (exact) mass is 361 g/mol. The van der Waals surface area contributed by atoms with Crippen molar-refractivity contribution in [3.63, 3.8) is 0 Å². The molecule has 2 rings (SSSR count). The summed E-state index contributed by atoms with van der Waals surface area (Å²) < 4.78 is 28.1. The van der Waals surface area contributed by atoms with Gasteiger partial charge < -0.3 is 10.4 Å². The number of benzene rings is 1. The molecule has 0 amide bonds. The smallest absolute Gasteiger partial charge is 0.143 e. The van der Waals surface area contributed by atoms with Crippen LogP contribution in [0.4, 0.5) is 8.78 Å². The predicted molar refractivity (Wildman–Crippen MR) is 83.3 cm³/mol. The van der Waals surface area contributed by atoms with Gasteiger partial charge in [0.05, 0.1) is 10.1 Å². The van der Waals surface area contributed by atoms with E-state index in [9.17, 15) is 13.9 Å². The van der Waals surface area contributed by atoms with Crippen molar-refractivity contribution in [3.05, 3.63) is 33.8 Å². The van der Waals surface area contributed by atoms with Gasteiger partial charge in [-0.1, -0.05) is 6.92 Å². The normalized spacial score (nSPS) is 26.0. The number of hydrogen-bond donors (Lipinski definition) is 2. The molecule has 2 N–H and O–H groups in total. The maximum Gasteiger partial charge on any atom is 0.143 e. The quantitative estimate of drug-likeness (QED) is 0.778. The Bertz CT molecular complexity index is 487. The van der Waals surface area contributed by atoms with Gasteiger partial charge in [0.2, 0.25) is 0 Å². The average Bonchev–Trinajstić information content (AvgIpc) is 2.47. The van der Waals surface area contributed by atoms with Gasteiger partial charge in [0.15, 0.2) is 0 Å². The highest BCUT2D eigenvalue weighted by atomic mass is 79.9. The van der Waals surface area contributed by atoms with Crippen LogP contribution in [0.1, 0.15) is 44.6 Å². The van der Waals surface area contributed by atoms with Crippen molar-refractivity contribution in [3.8, 4) is 0 Å². The van der Waals surface area contributed by atoms with E-state index in [0.717, 1.165) is 25.8 Å². The van der Waals surface area contributed by atoms with Gasteiger partial charge in [-0.15, -0.1) is 0 Å². The third-order valence-electron chi connectivity index (χ3n) is 4.24. The Morgan fingerprint density at radius 3 is 2.62 bits per heavy atom. The number of nitrogens with one attached hydrogen (secondary N) is 1. The molecule has 1 fully saturated rings. The van der Waals surface area contributed by atoms with Crippen molar-refractivity contribution in [1.82, 2.24) is 5.32 Å². The molecule has 21 heavy (non-hydrogen) atoms. The molecular formula is C16H22BrF2NO. The predicted octanol–water partition coefficient (Wildman–Crippen LogP) is 3.94. The summed E-state index contributed by atoms with van der Waals surface area (Å²) in [6, 6.07) is 2.99. The van der Waals surface area contributed by atoms with Gasteiger partial charge in [0, 0.05) is 18.0 Å². The van der Waals surface area contributed by atoms with E-state index in [2.05, 4.69) is 28.2 Å². The lowest BCUT2D eigenvalue weighted by Gasteiger charge is -2.36. The van der Waals surface area contributed by atoms with Gasteiger partial charge in [0.25, 0.3) is 0 Å². The first kappa shape index (κ1) is 16.8. The Morgan fingerprint density at radius 1 is 1.33 bits per heavy atom. The summed E-state index contributed by atoms with van der Waals surface area (Å²) in [6.07, 6.45) is 3.93. The highest BCUT2D eigenvalue weighted by Gasteiger charge is 2.35. The molecule has 1 aromatic rings. The molecule has 0 atom stereocenters. The largest absolute Gasteiger partial charge is 0.390 e. The molecule has 0 radical (unpaired) electrons. The van der Waals surface area contributed by atoms with Crippen molar-refractivity contribution in [2.75, 3.05) is 6.54 Å². The summed E-state index contributed by atoms with van der Waals surface area (Å²) in [5.41, 5.74) is -1.03. The van der Waals surface area contributed by atoms with Crippen molar-refractivity contribution >= 4 is 15.9 Å². The van der Waals surface area contributed by atoms with Crippen LogP contribution in [0.2, 0.25) is 0 Å². The standard InChI is InChI=1S/C16H22BrF2NO/c1-2-9-20-11-5-7-16(21,8-6-11)10-12-14(18)4-3-13(17)15(12)19/h3-4,11,20-21H,2,5-10H2,1H3. The van der Waals surface area contributed by atoms with Gasteiger partial charge in [-0.25, -0.2) is 8.78 Å². The Hall–Kier alpha value is -0.520. The van der Waals surface area contributed by atoms with E-state index in [1.165, 1.54) is 12.1 Å². The van der Waals surface area contributed by atoms with Crippen LogP contribution < -0.4 is 5.32 Å². The van der Waals surface area contributed by atoms with Gasteiger partial charge in [-0.2, -0.15) is 0 Å².